The van der Waals surface area contributed by atoms with Crippen LogP contribution in [-0.4, -0.2) is 55.2 Å². The molecule has 10 heteroatoms. The van der Waals surface area contributed by atoms with Gasteiger partial charge in [0.2, 0.25) is 0 Å². The molecule has 2 heterocycles. The first-order valence-electron chi connectivity index (χ1n) is 8.75. The van der Waals surface area contributed by atoms with Gasteiger partial charge in [-0.05, 0) is 30.3 Å². The molecule has 0 bridgehead atoms. The van der Waals surface area contributed by atoms with Gasteiger partial charge in [-0.25, -0.2) is 14.0 Å². The number of nitrogens with zero attached hydrogens (tertiary/aromatic N) is 3. The van der Waals surface area contributed by atoms with Crippen LogP contribution in [-0.2, 0) is 11.3 Å². The lowest BCUT2D eigenvalue weighted by atomic mass is 10.2. The van der Waals surface area contributed by atoms with Crippen molar-refractivity contribution in [1.29, 1.82) is 0 Å². The Morgan fingerprint density at radius 1 is 1.28 bits per heavy atom. The predicted octanol–water partition coefficient (Wildman–Crippen LogP) is 3.11. The molecule has 1 N–H and O–H groups in total. The minimum Gasteiger partial charge on any atom is -0.465 e. The minimum absolute atomic E-state index is 0. The van der Waals surface area contributed by atoms with Gasteiger partial charge in [0.05, 0.1) is 29.9 Å². The molecule has 1 aliphatic rings. The lowest BCUT2D eigenvalue weighted by Crippen LogP contribution is -2.51. The summed E-state index contributed by atoms with van der Waals surface area (Å²) in [6, 6.07) is 7.16. The highest BCUT2D eigenvalue weighted by molar-refractivity contribution is 6.31. The van der Waals surface area contributed by atoms with Crippen molar-refractivity contribution in [2.24, 2.45) is 0 Å². The van der Waals surface area contributed by atoms with E-state index in [4.69, 9.17) is 11.6 Å². The Kier molecular flexibility index (Phi) is 8.19. The van der Waals surface area contributed by atoms with Gasteiger partial charge in [-0.15, -0.1) is 12.4 Å². The number of halogens is 3. The molecule has 0 unspecified atom stereocenters. The average molecular weight is 443 g/mol. The van der Waals surface area contributed by atoms with Gasteiger partial charge in [0.25, 0.3) is 0 Å². The van der Waals surface area contributed by atoms with E-state index in [9.17, 15) is 14.0 Å². The number of hydrogen-bond acceptors (Lipinski definition) is 5. The number of pyridine rings is 1. The molecule has 7 nitrogen and oxygen atoms in total. The number of amides is 2. The van der Waals surface area contributed by atoms with E-state index in [-0.39, 0.29) is 30.0 Å². The lowest BCUT2D eigenvalue weighted by molar-refractivity contribution is 0.0600. The molecule has 0 spiro atoms. The Hall–Kier alpha value is -2.42. The summed E-state index contributed by atoms with van der Waals surface area (Å²) in [4.78, 5) is 32.1. The van der Waals surface area contributed by atoms with Crippen molar-refractivity contribution in [2.75, 3.05) is 38.2 Å². The van der Waals surface area contributed by atoms with E-state index in [1.165, 1.54) is 36.4 Å². The van der Waals surface area contributed by atoms with Gasteiger partial charge in [-0.3, -0.25) is 9.88 Å². The Morgan fingerprint density at radius 2 is 2.00 bits per heavy atom. The van der Waals surface area contributed by atoms with Crippen molar-refractivity contribution in [3.63, 3.8) is 0 Å². The molecule has 0 atom stereocenters. The fraction of sp³-hybridized carbons (Fsp3) is 0.316. The Labute approximate surface area is 179 Å². The number of piperazine rings is 1. The second-order valence-electron chi connectivity index (χ2n) is 6.23. The Morgan fingerprint density at radius 3 is 2.59 bits per heavy atom. The van der Waals surface area contributed by atoms with E-state index in [0.29, 0.717) is 43.1 Å². The number of carbonyl (C=O) groups excluding carboxylic acids is 2. The number of ether oxygens (including phenoxy) is 1. The van der Waals surface area contributed by atoms with E-state index in [1.54, 1.807) is 17.0 Å². The predicted molar refractivity (Wildman–Crippen MR) is 110 cm³/mol. The molecule has 2 aromatic rings. The standard InChI is InChI=1S/C19H20ClFN4O3.ClH/c1-28-18(26)13-2-3-14(23-11-13)12-25(15-4-5-17(21)16(20)10-15)19(27)24-8-6-22-7-9-24;/h2-5,10-11,22H,6-9,12H2,1H3;1H. The molecule has 1 aliphatic heterocycles. The molecule has 3 rings (SSSR count). The number of benzene rings is 1. The number of esters is 1. The van der Waals surface area contributed by atoms with Crippen LogP contribution in [0, 0.1) is 5.82 Å². The molecule has 2 amide bonds. The van der Waals surface area contributed by atoms with Gasteiger partial charge in [0, 0.05) is 38.1 Å². The highest BCUT2D eigenvalue weighted by Gasteiger charge is 2.25. The van der Waals surface area contributed by atoms with E-state index in [2.05, 4.69) is 15.0 Å². The number of carbonyl (C=O) groups is 2. The zero-order valence-electron chi connectivity index (χ0n) is 15.7. The minimum atomic E-state index is -0.555. The van der Waals surface area contributed by atoms with Crippen LogP contribution in [0.1, 0.15) is 16.1 Å². The van der Waals surface area contributed by atoms with E-state index in [1.807, 2.05) is 0 Å². The highest BCUT2D eigenvalue weighted by atomic mass is 35.5. The van der Waals surface area contributed by atoms with Crippen LogP contribution < -0.4 is 10.2 Å². The fourth-order valence-corrected chi connectivity index (χ4v) is 3.04. The summed E-state index contributed by atoms with van der Waals surface area (Å²) in [5, 5.41) is 3.13. The van der Waals surface area contributed by atoms with Crippen LogP contribution in [0.5, 0.6) is 0 Å². The molecule has 1 fully saturated rings. The van der Waals surface area contributed by atoms with Gasteiger partial charge in [0.1, 0.15) is 5.82 Å². The number of rotatable bonds is 4. The van der Waals surface area contributed by atoms with E-state index < -0.39 is 11.8 Å². The monoisotopic (exact) mass is 442 g/mol. The lowest BCUT2D eigenvalue weighted by Gasteiger charge is -2.33. The molecule has 0 aliphatic carbocycles. The largest absolute Gasteiger partial charge is 0.465 e. The summed E-state index contributed by atoms with van der Waals surface area (Å²) < 4.78 is 18.3. The van der Waals surface area contributed by atoms with Crippen LogP contribution in [0.25, 0.3) is 0 Å². The molecular weight excluding hydrogens is 422 g/mol. The summed E-state index contributed by atoms with van der Waals surface area (Å²) in [6.45, 7) is 2.69. The fourth-order valence-electron chi connectivity index (χ4n) is 2.87. The van der Waals surface area contributed by atoms with Gasteiger partial charge >= 0.3 is 12.0 Å². The molecule has 1 saturated heterocycles. The SMILES string of the molecule is COC(=O)c1ccc(CN(C(=O)N2CCNCC2)c2ccc(F)c(Cl)c2)nc1.Cl. The molecular formula is C19H21Cl2FN4O3. The number of hydrogen-bond donors (Lipinski definition) is 1. The first-order chi connectivity index (χ1) is 13.5. The molecule has 156 valence electrons. The number of aromatic nitrogens is 1. The molecule has 1 aromatic carbocycles. The summed E-state index contributed by atoms with van der Waals surface area (Å²) in [7, 11) is 1.29. The zero-order chi connectivity index (χ0) is 20.1. The quantitative estimate of drug-likeness (QED) is 0.736. The summed E-state index contributed by atoms with van der Waals surface area (Å²) >= 11 is 5.92. The van der Waals surface area contributed by atoms with Crippen molar-refractivity contribution < 1.29 is 18.7 Å². The van der Waals surface area contributed by atoms with Crippen molar-refractivity contribution in [3.8, 4) is 0 Å². The van der Waals surface area contributed by atoms with Crippen LogP contribution >= 0.6 is 24.0 Å². The second-order valence-corrected chi connectivity index (χ2v) is 6.64. The number of urea groups is 1. The first kappa shape index (κ1) is 22.9. The average Bonchev–Trinajstić information content (AvgIpc) is 2.74. The third kappa shape index (κ3) is 5.56. The third-order valence-corrected chi connectivity index (χ3v) is 4.69. The van der Waals surface area contributed by atoms with Crippen LogP contribution in [0.15, 0.2) is 36.5 Å². The smallest absolute Gasteiger partial charge is 0.339 e. The summed E-state index contributed by atoms with van der Waals surface area (Å²) in [5.41, 5.74) is 1.35. The van der Waals surface area contributed by atoms with Crippen LogP contribution in [0.3, 0.4) is 0 Å². The topological polar surface area (TPSA) is 74.8 Å². The van der Waals surface area contributed by atoms with Crippen molar-refractivity contribution >= 4 is 41.7 Å². The van der Waals surface area contributed by atoms with Crippen molar-refractivity contribution in [3.05, 3.63) is 58.6 Å². The number of anilines is 1. The van der Waals surface area contributed by atoms with E-state index in [0.717, 1.165) is 0 Å². The molecule has 1 aromatic heterocycles. The van der Waals surface area contributed by atoms with Gasteiger partial charge in [-0.1, -0.05) is 11.6 Å². The second kappa shape index (κ2) is 10.4. The highest BCUT2D eigenvalue weighted by Crippen LogP contribution is 2.25. The maximum absolute atomic E-state index is 13.6. The van der Waals surface area contributed by atoms with Crippen molar-refractivity contribution in [2.45, 2.75) is 6.54 Å². The number of nitrogens with one attached hydrogen (secondary N) is 1. The normalized spacial score (nSPS) is 13.4. The first-order valence-corrected chi connectivity index (χ1v) is 9.13. The van der Waals surface area contributed by atoms with Gasteiger partial charge < -0.3 is 15.0 Å². The van der Waals surface area contributed by atoms with Crippen LogP contribution in [0.4, 0.5) is 14.9 Å². The molecule has 0 saturated carbocycles. The molecule has 0 radical (unpaired) electrons. The third-order valence-electron chi connectivity index (χ3n) is 4.40. The number of methoxy groups -OCH3 is 1. The van der Waals surface area contributed by atoms with Crippen molar-refractivity contribution in [1.82, 2.24) is 15.2 Å². The van der Waals surface area contributed by atoms with Gasteiger partial charge in [0.15, 0.2) is 0 Å². The summed E-state index contributed by atoms with van der Waals surface area (Å²) in [5.74, 6) is -1.04. The maximum Gasteiger partial charge on any atom is 0.339 e. The van der Waals surface area contributed by atoms with Gasteiger partial charge in [-0.2, -0.15) is 0 Å². The van der Waals surface area contributed by atoms with E-state index >= 15 is 0 Å². The van der Waals surface area contributed by atoms with Crippen LogP contribution in [0.2, 0.25) is 5.02 Å². The Balaban J connectivity index is 0.00000300. The summed E-state index contributed by atoms with van der Waals surface area (Å²) in [6.07, 6.45) is 1.40. The maximum atomic E-state index is 13.6. The Bertz CT molecular complexity index is 861. The zero-order valence-corrected chi connectivity index (χ0v) is 17.3. The molecule has 29 heavy (non-hydrogen) atoms.